The van der Waals surface area contributed by atoms with Gasteiger partial charge in [-0.05, 0) is 66.2 Å². The highest BCUT2D eigenvalue weighted by Gasteiger charge is 2.13. The average molecular weight is 468 g/mol. The van der Waals surface area contributed by atoms with E-state index in [1.807, 2.05) is 72.8 Å². The van der Waals surface area contributed by atoms with Gasteiger partial charge < -0.3 is 16.0 Å². The van der Waals surface area contributed by atoms with Gasteiger partial charge >= 0.3 is 0 Å². The van der Waals surface area contributed by atoms with E-state index < -0.39 is 0 Å². The van der Waals surface area contributed by atoms with Crippen LogP contribution in [-0.4, -0.2) is 11.8 Å². The van der Waals surface area contributed by atoms with E-state index in [2.05, 4.69) is 16.0 Å². The Kier molecular flexibility index (Phi) is 7.38. The summed E-state index contributed by atoms with van der Waals surface area (Å²) in [6.07, 6.45) is 3.01. The molecule has 0 aromatic heterocycles. The van der Waals surface area contributed by atoms with Crippen molar-refractivity contribution in [2.75, 3.05) is 16.0 Å². The van der Waals surface area contributed by atoms with Crippen LogP contribution in [0.15, 0.2) is 109 Å². The maximum atomic E-state index is 12.9. The Morgan fingerprint density at radius 2 is 1.26 bits per heavy atom. The summed E-state index contributed by atoms with van der Waals surface area (Å²) in [5.41, 5.74) is 4.03. The topological polar surface area (TPSA) is 70.2 Å². The molecule has 0 bridgehead atoms. The van der Waals surface area contributed by atoms with E-state index in [-0.39, 0.29) is 11.8 Å². The number of benzene rings is 4. The zero-order valence-corrected chi connectivity index (χ0v) is 18.9. The van der Waals surface area contributed by atoms with Crippen molar-refractivity contribution in [3.8, 4) is 0 Å². The summed E-state index contributed by atoms with van der Waals surface area (Å²) in [6, 6.07) is 31.3. The number of carbonyl (C=O) groups is 2. The molecule has 4 aromatic rings. The number of rotatable bonds is 7. The zero-order chi connectivity index (χ0) is 23.8. The summed E-state index contributed by atoms with van der Waals surface area (Å²) in [7, 11) is 0. The van der Waals surface area contributed by atoms with Crippen molar-refractivity contribution in [3.05, 3.63) is 125 Å². The maximum absolute atomic E-state index is 12.9. The first-order valence-electron chi connectivity index (χ1n) is 10.6. The van der Waals surface area contributed by atoms with E-state index in [1.54, 1.807) is 36.4 Å². The fourth-order valence-electron chi connectivity index (χ4n) is 3.26. The molecule has 4 rings (SSSR count). The summed E-state index contributed by atoms with van der Waals surface area (Å²) < 4.78 is 0. The largest absolute Gasteiger partial charge is 0.356 e. The Bertz CT molecular complexity index is 1320. The lowest BCUT2D eigenvalue weighted by Gasteiger charge is -2.11. The Labute approximate surface area is 203 Å². The van der Waals surface area contributed by atoms with Gasteiger partial charge in [0.25, 0.3) is 5.91 Å². The van der Waals surface area contributed by atoms with E-state index >= 15 is 0 Å². The molecule has 3 N–H and O–H groups in total. The van der Waals surface area contributed by atoms with Crippen LogP contribution in [-0.2, 0) is 4.79 Å². The highest BCUT2D eigenvalue weighted by atomic mass is 35.5. The number of amides is 2. The summed E-state index contributed by atoms with van der Waals surface area (Å²) in [6.45, 7) is 0. The van der Waals surface area contributed by atoms with Gasteiger partial charge in [0.05, 0.1) is 11.3 Å². The fourth-order valence-corrected chi connectivity index (χ4v) is 3.46. The van der Waals surface area contributed by atoms with Crippen LogP contribution in [0.3, 0.4) is 0 Å². The Hall–Kier alpha value is -4.35. The van der Waals surface area contributed by atoms with Gasteiger partial charge in [-0.15, -0.1) is 0 Å². The van der Waals surface area contributed by atoms with Gasteiger partial charge in [0.15, 0.2) is 0 Å². The molecular formula is C28H22ClN3O2. The van der Waals surface area contributed by atoms with Crippen molar-refractivity contribution >= 4 is 52.2 Å². The lowest BCUT2D eigenvalue weighted by molar-refractivity contribution is -0.111. The highest BCUT2D eigenvalue weighted by Crippen LogP contribution is 2.21. The van der Waals surface area contributed by atoms with Crippen molar-refractivity contribution in [1.29, 1.82) is 0 Å². The van der Waals surface area contributed by atoms with Crippen LogP contribution in [0.1, 0.15) is 15.9 Å². The average Bonchev–Trinajstić information content (AvgIpc) is 2.86. The molecule has 2 amide bonds. The second-order valence-electron chi connectivity index (χ2n) is 7.41. The van der Waals surface area contributed by atoms with Crippen LogP contribution in [0.2, 0.25) is 5.02 Å². The minimum Gasteiger partial charge on any atom is -0.356 e. The summed E-state index contributed by atoms with van der Waals surface area (Å²) in [5, 5.41) is 9.49. The van der Waals surface area contributed by atoms with Gasteiger partial charge in [-0.3, -0.25) is 9.59 Å². The van der Waals surface area contributed by atoms with Crippen LogP contribution < -0.4 is 16.0 Å². The maximum Gasteiger partial charge on any atom is 0.257 e. The summed E-state index contributed by atoms with van der Waals surface area (Å²) in [5.74, 6) is -0.689. The minimum atomic E-state index is -0.364. The summed E-state index contributed by atoms with van der Waals surface area (Å²) >= 11 is 6.12. The molecule has 4 aromatic carbocycles. The monoisotopic (exact) mass is 467 g/mol. The fraction of sp³-hybridized carbons (Fsp3) is 0. The molecule has 0 aliphatic carbocycles. The predicted molar refractivity (Wildman–Crippen MR) is 140 cm³/mol. The Morgan fingerprint density at radius 3 is 2.03 bits per heavy atom. The van der Waals surface area contributed by atoms with Crippen molar-refractivity contribution < 1.29 is 9.59 Å². The van der Waals surface area contributed by atoms with Crippen LogP contribution in [0.5, 0.6) is 0 Å². The molecular weight excluding hydrogens is 446 g/mol. The number of para-hydroxylation sites is 2. The third-order valence-electron chi connectivity index (χ3n) is 4.95. The van der Waals surface area contributed by atoms with E-state index in [9.17, 15) is 9.59 Å². The first kappa shape index (κ1) is 22.8. The molecule has 34 heavy (non-hydrogen) atoms. The van der Waals surface area contributed by atoms with E-state index in [1.165, 1.54) is 6.08 Å². The molecule has 0 heterocycles. The molecule has 0 aliphatic rings. The third kappa shape index (κ3) is 6.12. The zero-order valence-electron chi connectivity index (χ0n) is 18.2. The molecule has 5 nitrogen and oxygen atoms in total. The number of nitrogens with one attached hydrogen (secondary N) is 3. The van der Waals surface area contributed by atoms with Crippen LogP contribution >= 0.6 is 11.6 Å². The molecule has 0 saturated heterocycles. The number of hydrogen-bond acceptors (Lipinski definition) is 3. The molecule has 0 aliphatic heterocycles. The Morgan fingerprint density at radius 1 is 0.647 bits per heavy atom. The number of carbonyl (C=O) groups excluding carboxylic acids is 2. The molecule has 0 fully saturated rings. The number of halogens is 1. The lowest BCUT2D eigenvalue weighted by Crippen LogP contribution is -2.17. The molecule has 168 valence electrons. The predicted octanol–water partition coefficient (Wildman–Crippen LogP) is 6.99. The second-order valence-corrected chi connectivity index (χ2v) is 7.82. The first-order valence-corrected chi connectivity index (χ1v) is 11.0. The normalized spacial score (nSPS) is 10.6. The van der Waals surface area contributed by atoms with Crippen LogP contribution in [0, 0.1) is 0 Å². The summed E-state index contributed by atoms with van der Waals surface area (Å²) in [4.78, 5) is 25.3. The first-order chi connectivity index (χ1) is 16.6. The highest BCUT2D eigenvalue weighted by molar-refractivity contribution is 6.32. The number of anilines is 4. The van der Waals surface area contributed by atoms with Gasteiger partial charge in [-0.25, -0.2) is 0 Å². The van der Waals surface area contributed by atoms with Crippen LogP contribution in [0.25, 0.3) is 6.08 Å². The Balaban J connectivity index is 1.41. The van der Waals surface area contributed by atoms with Crippen molar-refractivity contribution in [3.63, 3.8) is 0 Å². The van der Waals surface area contributed by atoms with Gasteiger partial charge in [-0.1, -0.05) is 60.1 Å². The molecule has 6 heteroatoms. The molecule has 0 spiro atoms. The van der Waals surface area contributed by atoms with E-state index in [0.717, 1.165) is 16.9 Å². The number of hydrogen-bond donors (Lipinski definition) is 3. The van der Waals surface area contributed by atoms with Crippen molar-refractivity contribution in [2.24, 2.45) is 0 Å². The SMILES string of the molecule is O=C(/C=C/c1ccccc1Cl)Nc1ccccc1C(=O)Nc1ccc(Nc2ccccc2)cc1. The van der Waals surface area contributed by atoms with Gasteiger partial charge in [0, 0.05) is 28.2 Å². The molecule has 0 radical (unpaired) electrons. The van der Waals surface area contributed by atoms with Gasteiger partial charge in [0.1, 0.15) is 0 Å². The van der Waals surface area contributed by atoms with Crippen molar-refractivity contribution in [1.82, 2.24) is 0 Å². The minimum absolute atomic E-state index is 0.324. The third-order valence-corrected chi connectivity index (χ3v) is 5.30. The van der Waals surface area contributed by atoms with Gasteiger partial charge in [-0.2, -0.15) is 0 Å². The van der Waals surface area contributed by atoms with Gasteiger partial charge in [0.2, 0.25) is 5.91 Å². The lowest BCUT2D eigenvalue weighted by atomic mass is 10.1. The molecule has 0 unspecified atom stereocenters. The smallest absolute Gasteiger partial charge is 0.257 e. The van der Waals surface area contributed by atoms with E-state index in [4.69, 9.17) is 11.6 Å². The van der Waals surface area contributed by atoms with Crippen LogP contribution in [0.4, 0.5) is 22.7 Å². The molecule has 0 atom stereocenters. The van der Waals surface area contributed by atoms with Crippen molar-refractivity contribution in [2.45, 2.75) is 0 Å². The second kappa shape index (κ2) is 11.0. The quantitative estimate of drug-likeness (QED) is 0.256. The van der Waals surface area contributed by atoms with E-state index in [0.29, 0.717) is 22.0 Å². The standard InChI is InChI=1S/C28H22ClN3O2/c29-25-12-6-4-8-20(25)14-19-27(33)32-26-13-7-5-11-24(26)28(34)31-23-17-15-22(16-18-23)30-21-9-2-1-3-10-21/h1-19,30H,(H,31,34)(H,32,33)/b19-14+. The molecule has 0 saturated carbocycles.